The minimum absolute atomic E-state index is 0.00898. The van der Waals surface area contributed by atoms with Crippen molar-refractivity contribution < 1.29 is 24.2 Å². The number of aromatic nitrogens is 1. The van der Waals surface area contributed by atoms with Crippen molar-refractivity contribution in [1.29, 1.82) is 0 Å². The van der Waals surface area contributed by atoms with Crippen LogP contribution in [0.4, 0.5) is 20.4 Å². The first-order chi connectivity index (χ1) is 14.8. The van der Waals surface area contributed by atoms with E-state index in [0.717, 1.165) is 16.1 Å². The number of likely N-dealkylation sites (tertiary alicyclic amines) is 1. The first-order valence-corrected chi connectivity index (χ1v) is 10.9. The number of rotatable bonds is 4. The number of aryl methyl sites for hydroxylation is 1. The third-order valence-corrected chi connectivity index (χ3v) is 6.87. The summed E-state index contributed by atoms with van der Waals surface area (Å²) in [5.41, 5.74) is 1.26. The van der Waals surface area contributed by atoms with Crippen molar-refractivity contribution in [3.8, 4) is 0 Å². The molecule has 11 heteroatoms. The Hall–Kier alpha value is -2.85. The number of carboxylic acids is 1. The molecule has 1 spiro atoms. The van der Waals surface area contributed by atoms with E-state index in [2.05, 4.69) is 10.3 Å². The number of methoxy groups -OCH3 is 1. The van der Waals surface area contributed by atoms with Crippen LogP contribution < -0.4 is 10.2 Å². The Bertz CT molecular complexity index is 1040. The lowest BCUT2D eigenvalue weighted by molar-refractivity contribution is -0.136. The summed E-state index contributed by atoms with van der Waals surface area (Å²) < 4.78 is 4.86. The predicted octanol–water partition coefficient (Wildman–Crippen LogP) is 3.58. The molecule has 31 heavy (non-hydrogen) atoms. The van der Waals surface area contributed by atoms with E-state index in [-0.39, 0.29) is 18.5 Å². The van der Waals surface area contributed by atoms with Crippen LogP contribution in [0, 0.1) is 0 Å². The molecule has 1 aromatic heterocycles. The number of carbonyl (C=O) groups is 3. The number of benzene rings is 1. The highest BCUT2D eigenvalue weighted by atomic mass is 35.5. The Kier molecular flexibility index (Phi) is 5.76. The highest BCUT2D eigenvalue weighted by Gasteiger charge is 2.50. The van der Waals surface area contributed by atoms with Crippen LogP contribution in [0.25, 0.3) is 0 Å². The molecule has 1 unspecified atom stereocenters. The number of hydrogen-bond acceptors (Lipinski definition) is 6. The largest absolute Gasteiger partial charge is 0.481 e. The van der Waals surface area contributed by atoms with Crippen LogP contribution in [0.15, 0.2) is 24.4 Å². The van der Waals surface area contributed by atoms with E-state index in [0.29, 0.717) is 42.6 Å². The lowest BCUT2D eigenvalue weighted by Gasteiger charge is -2.25. The van der Waals surface area contributed by atoms with Crippen molar-refractivity contribution in [3.05, 3.63) is 39.9 Å². The Labute approximate surface area is 187 Å². The Morgan fingerprint density at radius 2 is 2.16 bits per heavy atom. The van der Waals surface area contributed by atoms with Gasteiger partial charge in [-0.05, 0) is 36.6 Å². The molecule has 0 aliphatic carbocycles. The first-order valence-electron chi connectivity index (χ1n) is 9.69. The highest BCUT2D eigenvalue weighted by molar-refractivity contribution is 7.15. The van der Waals surface area contributed by atoms with Crippen LogP contribution in [0.5, 0.6) is 0 Å². The van der Waals surface area contributed by atoms with Crippen LogP contribution in [-0.4, -0.2) is 59.8 Å². The summed E-state index contributed by atoms with van der Waals surface area (Å²) in [6.07, 6.45) is 2.25. The van der Waals surface area contributed by atoms with Gasteiger partial charge in [0.2, 0.25) is 0 Å². The van der Waals surface area contributed by atoms with Gasteiger partial charge in [-0.15, -0.1) is 11.3 Å². The van der Waals surface area contributed by atoms with Gasteiger partial charge in [0, 0.05) is 46.8 Å². The number of hydrogen-bond donors (Lipinski definition) is 2. The normalized spacial score (nSPS) is 19.5. The van der Waals surface area contributed by atoms with Crippen LogP contribution in [0.1, 0.15) is 23.3 Å². The maximum atomic E-state index is 13.1. The Morgan fingerprint density at radius 3 is 2.90 bits per heavy atom. The van der Waals surface area contributed by atoms with Gasteiger partial charge in [0.1, 0.15) is 0 Å². The maximum Gasteiger partial charge on any atom is 0.409 e. The SMILES string of the molecule is COC(=O)N1CCC2(C1)CN(C(=O)Nc1ncc(CCC(=O)O)s1)c1ccc(Cl)cc12. The number of amides is 3. The van der Waals surface area contributed by atoms with Crippen LogP contribution >= 0.6 is 22.9 Å². The smallest absolute Gasteiger partial charge is 0.409 e. The summed E-state index contributed by atoms with van der Waals surface area (Å²) in [6, 6.07) is 5.07. The molecule has 2 aromatic rings. The van der Waals surface area contributed by atoms with Crippen molar-refractivity contribution in [3.63, 3.8) is 0 Å². The Balaban J connectivity index is 1.54. The summed E-state index contributed by atoms with van der Waals surface area (Å²) in [6.45, 7) is 1.38. The van der Waals surface area contributed by atoms with Gasteiger partial charge < -0.3 is 14.7 Å². The second kappa shape index (κ2) is 8.35. The van der Waals surface area contributed by atoms with Gasteiger partial charge in [-0.1, -0.05) is 11.6 Å². The van der Waals surface area contributed by atoms with Crippen LogP contribution in [0.2, 0.25) is 5.02 Å². The standard InChI is InChI=1S/C20H21ClN4O5S/c1-30-19(29)24-7-6-20(10-24)11-25(15-4-2-12(21)8-14(15)20)18(28)23-17-22-9-13(31-17)3-5-16(26)27/h2,4,8-9H,3,5-7,10-11H2,1H3,(H,26,27)(H,22,23,28). The zero-order chi connectivity index (χ0) is 22.2. The van der Waals surface area contributed by atoms with Gasteiger partial charge in [-0.25, -0.2) is 14.6 Å². The molecule has 2 N–H and O–H groups in total. The number of aliphatic carboxylic acids is 1. The molecular weight excluding hydrogens is 444 g/mol. The van der Waals surface area contributed by atoms with Gasteiger partial charge in [-0.2, -0.15) is 0 Å². The number of carbonyl (C=O) groups excluding carboxylic acids is 2. The third-order valence-electron chi connectivity index (χ3n) is 5.67. The van der Waals surface area contributed by atoms with Crippen molar-refractivity contribution in [2.45, 2.75) is 24.7 Å². The highest BCUT2D eigenvalue weighted by Crippen LogP contribution is 2.47. The molecule has 1 aromatic carbocycles. The fraction of sp³-hybridized carbons (Fsp3) is 0.400. The van der Waals surface area contributed by atoms with E-state index in [1.807, 2.05) is 12.1 Å². The predicted molar refractivity (Wildman–Crippen MR) is 116 cm³/mol. The van der Waals surface area contributed by atoms with Crippen molar-refractivity contribution >= 4 is 51.9 Å². The fourth-order valence-electron chi connectivity index (χ4n) is 4.20. The second-order valence-electron chi connectivity index (χ2n) is 7.63. The second-order valence-corrected chi connectivity index (χ2v) is 9.18. The van der Waals surface area contributed by atoms with E-state index in [1.54, 1.807) is 22.1 Å². The molecule has 164 valence electrons. The van der Waals surface area contributed by atoms with Crippen LogP contribution in [0.3, 0.4) is 0 Å². The minimum Gasteiger partial charge on any atom is -0.481 e. The molecule has 3 amide bonds. The van der Waals surface area contributed by atoms with Crippen LogP contribution in [-0.2, 0) is 21.4 Å². The average Bonchev–Trinajstić information content (AvgIpc) is 3.45. The van der Waals surface area contributed by atoms with Crippen molar-refractivity contribution in [1.82, 2.24) is 9.88 Å². The molecule has 0 saturated carbocycles. The number of urea groups is 1. The fourth-order valence-corrected chi connectivity index (χ4v) is 5.17. The van der Waals surface area contributed by atoms with Crippen molar-refractivity contribution in [2.75, 3.05) is 37.0 Å². The zero-order valence-electron chi connectivity index (χ0n) is 16.8. The first kappa shape index (κ1) is 21.4. The van der Waals surface area contributed by atoms with E-state index in [1.165, 1.54) is 18.4 Å². The number of thiazole rings is 1. The van der Waals surface area contributed by atoms with E-state index >= 15 is 0 Å². The summed E-state index contributed by atoms with van der Waals surface area (Å²) in [5.74, 6) is -0.880. The van der Waals surface area contributed by atoms with Gasteiger partial charge >= 0.3 is 18.1 Å². The number of fused-ring (bicyclic) bond motifs is 2. The zero-order valence-corrected chi connectivity index (χ0v) is 18.3. The van der Waals surface area contributed by atoms with Gasteiger partial charge in [0.05, 0.1) is 13.5 Å². The molecule has 0 radical (unpaired) electrons. The van der Waals surface area contributed by atoms with E-state index in [9.17, 15) is 14.4 Å². The lowest BCUT2D eigenvalue weighted by Crippen LogP contribution is -2.41. The number of nitrogens with one attached hydrogen (secondary N) is 1. The van der Waals surface area contributed by atoms with Gasteiger partial charge in [0.25, 0.3) is 0 Å². The number of nitrogens with zero attached hydrogens (tertiary/aromatic N) is 3. The quantitative estimate of drug-likeness (QED) is 0.715. The minimum atomic E-state index is -0.880. The number of ether oxygens (including phenoxy) is 1. The lowest BCUT2D eigenvalue weighted by atomic mass is 9.81. The molecule has 4 rings (SSSR count). The average molecular weight is 465 g/mol. The summed E-state index contributed by atoms with van der Waals surface area (Å²) in [7, 11) is 1.35. The molecule has 2 aliphatic rings. The number of anilines is 2. The third kappa shape index (κ3) is 4.17. The molecule has 1 saturated heterocycles. The molecule has 1 atom stereocenters. The molecule has 9 nitrogen and oxygen atoms in total. The summed E-state index contributed by atoms with van der Waals surface area (Å²) in [5, 5.41) is 12.6. The summed E-state index contributed by atoms with van der Waals surface area (Å²) in [4.78, 5) is 44.1. The maximum absolute atomic E-state index is 13.1. The summed E-state index contributed by atoms with van der Waals surface area (Å²) >= 11 is 7.50. The molecule has 3 heterocycles. The number of carboxylic acid groups (broad SMARTS) is 1. The Morgan fingerprint density at radius 1 is 1.35 bits per heavy atom. The topological polar surface area (TPSA) is 112 Å². The molecule has 2 aliphatic heterocycles. The molecular formula is C20H21ClN4O5S. The van der Waals surface area contributed by atoms with Gasteiger partial charge in [0.15, 0.2) is 5.13 Å². The molecule has 1 fully saturated rings. The monoisotopic (exact) mass is 464 g/mol. The molecule has 0 bridgehead atoms. The van der Waals surface area contributed by atoms with Gasteiger partial charge in [-0.3, -0.25) is 15.0 Å². The van der Waals surface area contributed by atoms with Crippen molar-refractivity contribution in [2.24, 2.45) is 0 Å². The van der Waals surface area contributed by atoms with E-state index < -0.39 is 11.4 Å². The number of halogens is 1. The van der Waals surface area contributed by atoms with E-state index in [4.69, 9.17) is 21.4 Å².